The van der Waals surface area contributed by atoms with Gasteiger partial charge in [0.15, 0.2) is 0 Å². The van der Waals surface area contributed by atoms with Gasteiger partial charge in [0.05, 0.1) is 5.69 Å². The van der Waals surface area contributed by atoms with Gasteiger partial charge in [-0.25, -0.2) is 9.36 Å². The summed E-state index contributed by atoms with van der Waals surface area (Å²) in [4.78, 5) is 39.6. The molecule has 1 N–H and O–H groups in total. The van der Waals surface area contributed by atoms with Crippen LogP contribution in [0, 0.1) is 6.92 Å². The Morgan fingerprint density at radius 2 is 1.59 bits per heavy atom. The predicted molar refractivity (Wildman–Crippen MR) is 123 cm³/mol. The number of nitrogens with zero attached hydrogens (tertiary/aromatic N) is 2. The first kappa shape index (κ1) is 19.6. The summed E-state index contributed by atoms with van der Waals surface area (Å²) in [7, 11) is 0. The van der Waals surface area contributed by atoms with Crippen LogP contribution in [0.5, 0.6) is 0 Å². The summed E-state index contributed by atoms with van der Waals surface area (Å²) >= 11 is 0. The SMILES string of the molecule is Cc1ccc(-n2c(=O)c3oc4ccccc4c3n(CC(=O)Nc3ccccc3)c2=O)cc1. The molecule has 0 radical (unpaired) electrons. The van der Waals surface area contributed by atoms with Crippen LogP contribution in [0.2, 0.25) is 0 Å². The van der Waals surface area contributed by atoms with Crippen LogP contribution in [0.3, 0.4) is 0 Å². The van der Waals surface area contributed by atoms with Crippen molar-refractivity contribution in [3.63, 3.8) is 0 Å². The van der Waals surface area contributed by atoms with Crippen LogP contribution in [-0.4, -0.2) is 15.0 Å². The molecule has 1 amide bonds. The van der Waals surface area contributed by atoms with Gasteiger partial charge < -0.3 is 9.73 Å². The first-order chi connectivity index (χ1) is 15.5. The van der Waals surface area contributed by atoms with E-state index in [4.69, 9.17) is 4.42 Å². The van der Waals surface area contributed by atoms with Crippen LogP contribution in [0.15, 0.2) is 92.9 Å². The fourth-order valence-corrected chi connectivity index (χ4v) is 3.78. The molecule has 0 atom stereocenters. The van der Waals surface area contributed by atoms with Crippen molar-refractivity contribution in [1.82, 2.24) is 9.13 Å². The quantitative estimate of drug-likeness (QED) is 0.474. The zero-order valence-electron chi connectivity index (χ0n) is 17.2. The summed E-state index contributed by atoms with van der Waals surface area (Å²) in [6.07, 6.45) is 0. The van der Waals surface area contributed by atoms with Gasteiger partial charge in [-0.2, -0.15) is 0 Å². The number of hydrogen-bond acceptors (Lipinski definition) is 4. The van der Waals surface area contributed by atoms with E-state index in [-0.39, 0.29) is 18.0 Å². The molecule has 2 heterocycles. The van der Waals surface area contributed by atoms with E-state index < -0.39 is 11.2 Å². The van der Waals surface area contributed by atoms with Gasteiger partial charge in [-0.3, -0.25) is 14.2 Å². The van der Waals surface area contributed by atoms with Crippen molar-refractivity contribution in [3.05, 3.63) is 105 Å². The molecule has 3 aromatic carbocycles. The number of anilines is 1. The molecule has 0 aliphatic rings. The number of nitrogens with one attached hydrogen (secondary N) is 1. The second-order valence-electron chi connectivity index (χ2n) is 7.53. The number of benzene rings is 3. The van der Waals surface area contributed by atoms with Crippen LogP contribution in [-0.2, 0) is 11.3 Å². The summed E-state index contributed by atoms with van der Waals surface area (Å²) in [5.41, 5.74) is 1.65. The number of para-hydroxylation sites is 2. The fourth-order valence-electron chi connectivity index (χ4n) is 3.78. The van der Waals surface area contributed by atoms with E-state index in [2.05, 4.69) is 5.32 Å². The third kappa shape index (κ3) is 3.30. The Labute approximate surface area is 182 Å². The van der Waals surface area contributed by atoms with Crippen molar-refractivity contribution in [2.75, 3.05) is 5.32 Å². The summed E-state index contributed by atoms with van der Waals surface area (Å²) in [6, 6.07) is 23.1. The number of amides is 1. The van der Waals surface area contributed by atoms with Crippen molar-refractivity contribution < 1.29 is 9.21 Å². The molecule has 5 rings (SSSR count). The van der Waals surface area contributed by atoms with Gasteiger partial charge in [-0.1, -0.05) is 48.0 Å². The van der Waals surface area contributed by atoms with Crippen molar-refractivity contribution >= 4 is 33.7 Å². The second-order valence-corrected chi connectivity index (χ2v) is 7.53. The Hall–Kier alpha value is -4.39. The number of furan rings is 1. The highest BCUT2D eigenvalue weighted by molar-refractivity contribution is 6.03. The topological polar surface area (TPSA) is 86.2 Å². The summed E-state index contributed by atoms with van der Waals surface area (Å²) in [6.45, 7) is 1.64. The maximum absolute atomic E-state index is 13.5. The molecule has 0 bridgehead atoms. The van der Waals surface area contributed by atoms with E-state index in [1.165, 1.54) is 4.57 Å². The zero-order valence-corrected chi connectivity index (χ0v) is 17.2. The van der Waals surface area contributed by atoms with E-state index >= 15 is 0 Å². The first-order valence-corrected chi connectivity index (χ1v) is 10.1. The third-order valence-corrected chi connectivity index (χ3v) is 5.31. The minimum Gasteiger partial charge on any atom is -0.449 e. The molecular weight excluding hydrogens is 406 g/mol. The Kier molecular flexibility index (Phi) is 4.71. The molecule has 0 saturated carbocycles. The third-order valence-electron chi connectivity index (χ3n) is 5.31. The Bertz CT molecular complexity index is 1580. The lowest BCUT2D eigenvalue weighted by Gasteiger charge is -2.12. The van der Waals surface area contributed by atoms with Crippen LogP contribution >= 0.6 is 0 Å². The number of carbonyl (C=O) groups is 1. The lowest BCUT2D eigenvalue weighted by atomic mass is 10.2. The van der Waals surface area contributed by atoms with Crippen molar-refractivity contribution in [2.45, 2.75) is 13.5 Å². The number of aromatic nitrogens is 2. The molecule has 2 aromatic heterocycles. The standard InChI is InChI=1S/C25H19N3O4/c1-16-11-13-18(14-12-16)28-24(30)23-22(19-9-5-6-10-20(19)32-23)27(25(28)31)15-21(29)26-17-7-3-2-4-8-17/h2-14H,15H2,1H3,(H,26,29). The van der Waals surface area contributed by atoms with E-state index in [1.807, 2.05) is 25.1 Å². The fraction of sp³-hybridized carbons (Fsp3) is 0.0800. The average Bonchev–Trinajstić information content (AvgIpc) is 3.19. The van der Waals surface area contributed by atoms with Gasteiger partial charge in [-0.15, -0.1) is 0 Å². The van der Waals surface area contributed by atoms with Gasteiger partial charge in [0.2, 0.25) is 11.5 Å². The molecule has 32 heavy (non-hydrogen) atoms. The van der Waals surface area contributed by atoms with Crippen molar-refractivity contribution in [2.24, 2.45) is 0 Å². The molecule has 0 saturated heterocycles. The number of carbonyl (C=O) groups excluding carboxylic acids is 1. The monoisotopic (exact) mass is 425 g/mol. The molecule has 0 fully saturated rings. The largest absolute Gasteiger partial charge is 0.449 e. The summed E-state index contributed by atoms with van der Waals surface area (Å²) in [5, 5.41) is 3.38. The number of hydrogen-bond donors (Lipinski definition) is 1. The molecule has 0 spiro atoms. The lowest BCUT2D eigenvalue weighted by molar-refractivity contribution is -0.116. The van der Waals surface area contributed by atoms with Gasteiger partial charge in [0.1, 0.15) is 17.6 Å². The smallest absolute Gasteiger partial charge is 0.336 e. The molecule has 7 nitrogen and oxygen atoms in total. The van der Waals surface area contributed by atoms with E-state index in [9.17, 15) is 14.4 Å². The van der Waals surface area contributed by atoms with Crippen LogP contribution < -0.4 is 16.6 Å². The lowest BCUT2D eigenvalue weighted by Crippen LogP contribution is -2.40. The number of aryl methyl sites for hydroxylation is 1. The summed E-state index contributed by atoms with van der Waals surface area (Å²) in [5.74, 6) is -0.390. The summed E-state index contributed by atoms with van der Waals surface area (Å²) < 4.78 is 8.17. The molecule has 0 aliphatic carbocycles. The highest BCUT2D eigenvalue weighted by atomic mass is 16.3. The minimum absolute atomic E-state index is 0.0267. The maximum Gasteiger partial charge on any atom is 0.336 e. The minimum atomic E-state index is -0.610. The van der Waals surface area contributed by atoms with E-state index in [1.54, 1.807) is 60.7 Å². The van der Waals surface area contributed by atoms with Gasteiger partial charge in [0, 0.05) is 11.1 Å². The Morgan fingerprint density at radius 1 is 0.906 bits per heavy atom. The predicted octanol–water partition coefficient (Wildman–Crippen LogP) is 3.85. The molecule has 0 aliphatic heterocycles. The van der Waals surface area contributed by atoms with Crippen LogP contribution in [0.25, 0.3) is 27.8 Å². The maximum atomic E-state index is 13.5. The van der Waals surface area contributed by atoms with Gasteiger partial charge in [0.25, 0.3) is 0 Å². The van der Waals surface area contributed by atoms with Crippen molar-refractivity contribution in [3.8, 4) is 5.69 Å². The molecule has 158 valence electrons. The normalized spacial score (nSPS) is 11.2. The molecular formula is C25H19N3O4. The van der Waals surface area contributed by atoms with Crippen LogP contribution in [0.4, 0.5) is 5.69 Å². The highest BCUT2D eigenvalue weighted by Crippen LogP contribution is 2.26. The van der Waals surface area contributed by atoms with Crippen molar-refractivity contribution in [1.29, 1.82) is 0 Å². The Morgan fingerprint density at radius 3 is 2.34 bits per heavy atom. The highest BCUT2D eigenvalue weighted by Gasteiger charge is 2.22. The van der Waals surface area contributed by atoms with Crippen LogP contribution in [0.1, 0.15) is 5.56 Å². The average molecular weight is 425 g/mol. The van der Waals surface area contributed by atoms with E-state index in [0.717, 1.165) is 10.1 Å². The number of rotatable bonds is 4. The van der Waals surface area contributed by atoms with Gasteiger partial charge in [-0.05, 0) is 43.3 Å². The molecule has 7 heteroatoms. The Balaban J connectivity index is 1.74. The first-order valence-electron chi connectivity index (χ1n) is 10.1. The second kappa shape index (κ2) is 7.70. The van der Waals surface area contributed by atoms with E-state index in [0.29, 0.717) is 27.9 Å². The molecule has 0 unspecified atom stereocenters. The number of fused-ring (bicyclic) bond motifs is 3. The zero-order chi connectivity index (χ0) is 22.2. The van der Waals surface area contributed by atoms with Gasteiger partial charge >= 0.3 is 11.2 Å². The molecule has 5 aromatic rings.